The molecule has 0 spiro atoms. The largest absolute Gasteiger partial charge is 0.383 e. The summed E-state index contributed by atoms with van der Waals surface area (Å²) >= 11 is 1.45. The number of benzene rings is 2. The fourth-order valence-electron chi connectivity index (χ4n) is 2.31. The monoisotopic (exact) mass is 359 g/mol. The van der Waals surface area contributed by atoms with Gasteiger partial charge in [0.2, 0.25) is 0 Å². The van der Waals surface area contributed by atoms with Crippen LogP contribution in [0.15, 0.2) is 70.9 Å². The summed E-state index contributed by atoms with van der Waals surface area (Å²) in [5.74, 6) is 0. The number of hydrogen-bond acceptors (Lipinski definition) is 4. The Hall–Kier alpha value is -2.15. The zero-order chi connectivity index (χ0) is 17.2. The van der Waals surface area contributed by atoms with E-state index in [1.165, 1.54) is 11.3 Å². The molecule has 0 saturated carbocycles. The Morgan fingerprint density at radius 3 is 2.46 bits per heavy atom. The van der Waals surface area contributed by atoms with E-state index >= 15 is 0 Å². The molecule has 1 aromatic heterocycles. The Bertz CT molecular complexity index is 917. The lowest BCUT2D eigenvalue weighted by Gasteiger charge is -2.12. The quantitative estimate of drug-likeness (QED) is 0.725. The molecule has 0 aliphatic carbocycles. The van der Waals surface area contributed by atoms with Gasteiger partial charge in [-0.2, -0.15) is 0 Å². The predicted molar refractivity (Wildman–Crippen MR) is 96.8 cm³/mol. The Morgan fingerprint density at radius 1 is 1.04 bits per heavy atom. The highest BCUT2D eigenvalue weighted by Crippen LogP contribution is 2.28. The molecular weight excluding hydrogens is 342 g/mol. The Balaban J connectivity index is 1.85. The first kappa shape index (κ1) is 16.7. The van der Waals surface area contributed by atoms with Crippen molar-refractivity contribution in [2.45, 2.75) is 17.9 Å². The summed E-state index contributed by atoms with van der Waals surface area (Å²) in [6.07, 6.45) is -0.770. The van der Waals surface area contributed by atoms with Crippen LogP contribution in [0, 0.1) is 6.92 Å². The Labute approximate surface area is 145 Å². The van der Waals surface area contributed by atoms with Gasteiger partial charge in [-0.3, -0.25) is 4.72 Å². The van der Waals surface area contributed by atoms with Gasteiger partial charge in [-0.1, -0.05) is 35.9 Å². The molecule has 24 heavy (non-hydrogen) atoms. The van der Waals surface area contributed by atoms with Crippen LogP contribution in [0.25, 0.3) is 0 Å². The van der Waals surface area contributed by atoms with Gasteiger partial charge in [0, 0.05) is 10.6 Å². The molecule has 3 aromatic rings. The highest BCUT2D eigenvalue weighted by molar-refractivity contribution is 7.92. The van der Waals surface area contributed by atoms with E-state index in [2.05, 4.69) is 4.72 Å². The summed E-state index contributed by atoms with van der Waals surface area (Å²) in [4.78, 5) is 1.02. The number of aliphatic hydroxyl groups excluding tert-OH is 1. The van der Waals surface area contributed by atoms with Crippen molar-refractivity contribution in [2.24, 2.45) is 0 Å². The number of aryl methyl sites for hydroxylation is 1. The molecule has 2 aromatic carbocycles. The third-order valence-corrected chi connectivity index (χ3v) is 5.92. The standard InChI is InChI=1S/C18H17NO3S2/c1-13-7-9-16(10-8-13)24(21,22)19-15-5-2-4-14(12-15)18(20)17-6-3-11-23-17/h2-12,18-20H,1H3. The van der Waals surface area contributed by atoms with Crippen molar-refractivity contribution in [3.8, 4) is 0 Å². The average molecular weight is 359 g/mol. The van der Waals surface area contributed by atoms with Crippen molar-refractivity contribution in [2.75, 3.05) is 4.72 Å². The summed E-state index contributed by atoms with van der Waals surface area (Å²) in [5.41, 5.74) is 2.06. The van der Waals surface area contributed by atoms with Gasteiger partial charge in [0.05, 0.1) is 4.90 Å². The molecule has 6 heteroatoms. The molecule has 0 saturated heterocycles. The highest BCUT2D eigenvalue weighted by Gasteiger charge is 2.16. The minimum atomic E-state index is -3.66. The maximum atomic E-state index is 12.5. The van der Waals surface area contributed by atoms with Crippen molar-refractivity contribution >= 4 is 27.0 Å². The third kappa shape index (κ3) is 3.67. The first-order valence-electron chi connectivity index (χ1n) is 7.37. The van der Waals surface area contributed by atoms with Gasteiger partial charge in [-0.15, -0.1) is 11.3 Å². The van der Waals surface area contributed by atoms with Crippen LogP contribution < -0.4 is 4.72 Å². The highest BCUT2D eigenvalue weighted by atomic mass is 32.2. The molecule has 0 aliphatic rings. The number of sulfonamides is 1. The van der Waals surface area contributed by atoms with Crippen LogP contribution in [0.1, 0.15) is 22.1 Å². The molecule has 1 atom stereocenters. The van der Waals surface area contributed by atoms with Crippen molar-refractivity contribution < 1.29 is 13.5 Å². The van der Waals surface area contributed by atoms with Crippen LogP contribution in [0.5, 0.6) is 0 Å². The van der Waals surface area contributed by atoms with E-state index in [0.717, 1.165) is 10.4 Å². The minimum absolute atomic E-state index is 0.206. The molecule has 0 amide bonds. The topological polar surface area (TPSA) is 66.4 Å². The van der Waals surface area contributed by atoms with Gasteiger partial charge >= 0.3 is 0 Å². The number of thiophene rings is 1. The second kappa shape index (κ2) is 6.76. The maximum absolute atomic E-state index is 12.5. The molecule has 0 fully saturated rings. The summed E-state index contributed by atoms with van der Waals surface area (Å²) in [7, 11) is -3.66. The van der Waals surface area contributed by atoms with E-state index in [9.17, 15) is 13.5 Å². The van der Waals surface area contributed by atoms with Crippen LogP contribution in [0.4, 0.5) is 5.69 Å². The number of hydrogen-bond donors (Lipinski definition) is 2. The van der Waals surface area contributed by atoms with Crippen LogP contribution in [0.3, 0.4) is 0 Å². The summed E-state index contributed by atoms with van der Waals surface area (Å²) in [6, 6.07) is 17.2. The zero-order valence-electron chi connectivity index (χ0n) is 13.0. The molecule has 3 rings (SSSR count). The second-order valence-corrected chi connectivity index (χ2v) is 8.12. The van der Waals surface area contributed by atoms with Gasteiger partial charge in [0.25, 0.3) is 10.0 Å². The van der Waals surface area contributed by atoms with Gasteiger partial charge in [0.15, 0.2) is 0 Å². The van der Waals surface area contributed by atoms with Crippen molar-refractivity contribution in [3.05, 3.63) is 82.0 Å². The minimum Gasteiger partial charge on any atom is -0.383 e. The van der Waals surface area contributed by atoms with Gasteiger partial charge in [-0.05, 0) is 48.2 Å². The molecule has 0 aliphatic heterocycles. The van der Waals surface area contributed by atoms with E-state index in [1.807, 2.05) is 24.4 Å². The van der Waals surface area contributed by atoms with Crippen molar-refractivity contribution in [1.29, 1.82) is 0 Å². The molecule has 1 heterocycles. The van der Waals surface area contributed by atoms with E-state index in [1.54, 1.807) is 48.5 Å². The molecule has 2 N–H and O–H groups in total. The maximum Gasteiger partial charge on any atom is 0.261 e. The molecule has 1 unspecified atom stereocenters. The normalized spacial score (nSPS) is 12.8. The van der Waals surface area contributed by atoms with E-state index < -0.39 is 16.1 Å². The molecule has 0 radical (unpaired) electrons. The number of anilines is 1. The number of rotatable bonds is 5. The summed E-state index contributed by atoms with van der Waals surface area (Å²) in [5, 5.41) is 12.3. The lowest BCUT2D eigenvalue weighted by molar-refractivity contribution is 0.224. The van der Waals surface area contributed by atoms with Crippen LogP contribution in [0.2, 0.25) is 0 Å². The van der Waals surface area contributed by atoms with E-state index in [4.69, 9.17) is 0 Å². The second-order valence-electron chi connectivity index (χ2n) is 5.46. The van der Waals surface area contributed by atoms with E-state index in [-0.39, 0.29) is 4.90 Å². The Kier molecular flexibility index (Phi) is 4.71. The first-order chi connectivity index (χ1) is 11.5. The molecule has 4 nitrogen and oxygen atoms in total. The summed E-state index contributed by atoms with van der Waals surface area (Å²) < 4.78 is 27.5. The lowest BCUT2D eigenvalue weighted by Crippen LogP contribution is -2.13. The zero-order valence-corrected chi connectivity index (χ0v) is 14.6. The predicted octanol–water partition coefficient (Wildman–Crippen LogP) is 3.94. The smallest absolute Gasteiger partial charge is 0.261 e. The average Bonchev–Trinajstić information content (AvgIpc) is 3.09. The van der Waals surface area contributed by atoms with Crippen LogP contribution in [-0.4, -0.2) is 13.5 Å². The molecular formula is C18H17NO3S2. The fourth-order valence-corrected chi connectivity index (χ4v) is 4.10. The van der Waals surface area contributed by atoms with Gasteiger partial charge in [0.1, 0.15) is 6.10 Å². The molecule has 0 bridgehead atoms. The van der Waals surface area contributed by atoms with Crippen LogP contribution in [-0.2, 0) is 10.0 Å². The molecule has 124 valence electrons. The Morgan fingerprint density at radius 2 is 1.79 bits per heavy atom. The third-order valence-electron chi connectivity index (χ3n) is 3.60. The van der Waals surface area contributed by atoms with Crippen molar-refractivity contribution in [3.63, 3.8) is 0 Å². The summed E-state index contributed by atoms with van der Waals surface area (Å²) in [6.45, 7) is 1.90. The van der Waals surface area contributed by atoms with E-state index in [0.29, 0.717) is 11.3 Å². The van der Waals surface area contributed by atoms with Gasteiger partial charge in [-0.25, -0.2) is 8.42 Å². The fraction of sp³-hybridized carbons (Fsp3) is 0.111. The SMILES string of the molecule is Cc1ccc(S(=O)(=O)Nc2cccc(C(O)c3cccs3)c2)cc1. The van der Waals surface area contributed by atoms with Crippen molar-refractivity contribution in [1.82, 2.24) is 0 Å². The first-order valence-corrected chi connectivity index (χ1v) is 9.73. The van der Waals surface area contributed by atoms with Gasteiger partial charge < -0.3 is 5.11 Å². The number of aliphatic hydroxyl groups is 1. The number of nitrogens with one attached hydrogen (secondary N) is 1. The lowest BCUT2D eigenvalue weighted by atomic mass is 10.1. The van der Waals surface area contributed by atoms with Crippen LogP contribution >= 0.6 is 11.3 Å².